The summed E-state index contributed by atoms with van der Waals surface area (Å²) >= 11 is 0. The first kappa shape index (κ1) is 23.4. The minimum absolute atomic E-state index is 0.00665. The van der Waals surface area contributed by atoms with Gasteiger partial charge in [0.1, 0.15) is 5.76 Å². The van der Waals surface area contributed by atoms with Gasteiger partial charge in [0, 0.05) is 42.2 Å². The third-order valence-corrected chi connectivity index (χ3v) is 5.25. The zero-order chi connectivity index (χ0) is 23.3. The number of rotatable bonds is 7. The number of carbonyl (C=O) groups is 1. The lowest BCUT2D eigenvalue weighted by Gasteiger charge is -2.22. The Labute approximate surface area is 185 Å². The van der Waals surface area contributed by atoms with Crippen LogP contribution in [-0.2, 0) is 0 Å². The molecule has 1 aromatic carbocycles. The zero-order valence-electron chi connectivity index (χ0n) is 18.0. The summed E-state index contributed by atoms with van der Waals surface area (Å²) in [5, 5.41) is 2.75. The van der Waals surface area contributed by atoms with E-state index in [0.717, 1.165) is 31.3 Å². The van der Waals surface area contributed by atoms with E-state index in [-0.39, 0.29) is 23.2 Å². The van der Waals surface area contributed by atoms with Crippen molar-refractivity contribution in [1.29, 1.82) is 0 Å². The van der Waals surface area contributed by atoms with Crippen molar-refractivity contribution in [3.8, 4) is 0 Å². The highest BCUT2D eigenvalue weighted by molar-refractivity contribution is 6.02. The van der Waals surface area contributed by atoms with Gasteiger partial charge in [-0.25, -0.2) is 0 Å². The second kappa shape index (κ2) is 9.91. The van der Waals surface area contributed by atoms with Gasteiger partial charge in [-0.3, -0.25) is 4.79 Å². The molecule has 1 aliphatic heterocycles. The lowest BCUT2D eigenvalue weighted by Crippen LogP contribution is -2.31. The molecule has 1 aromatic heterocycles. The molecule has 0 bridgehead atoms. The predicted octanol–water partition coefficient (Wildman–Crippen LogP) is 5.36. The number of halogens is 3. The molecule has 0 aliphatic carbocycles. The number of amides is 1. The van der Waals surface area contributed by atoms with Gasteiger partial charge >= 0.3 is 6.18 Å². The summed E-state index contributed by atoms with van der Waals surface area (Å²) in [5.74, 6) is -0.362. The molecule has 1 fully saturated rings. The fourth-order valence-corrected chi connectivity index (χ4v) is 3.49. The monoisotopic (exact) mass is 445 g/mol. The first-order valence-corrected chi connectivity index (χ1v) is 10.2. The maximum Gasteiger partial charge on any atom is 0.409 e. The van der Waals surface area contributed by atoms with Gasteiger partial charge in [-0.2, -0.15) is 13.2 Å². The van der Waals surface area contributed by atoms with Crippen LogP contribution in [0.3, 0.4) is 0 Å². The fraction of sp³-hybridized carbons (Fsp3) is 0.292. The molecular weight excluding hydrogens is 419 g/mol. The van der Waals surface area contributed by atoms with Gasteiger partial charge in [0.05, 0.1) is 0 Å². The molecule has 1 amide bonds. The molecule has 2 aromatic rings. The number of furan rings is 1. The van der Waals surface area contributed by atoms with Crippen molar-refractivity contribution in [3.63, 3.8) is 0 Å². The van der Waals surface area contributed by atoms with E-state index >= 15 is 0 Å². The first-order chi connectivity index (χ1) is 15.2. The molecule has 5 nitrogen and oxygen atoms in total. The van der Waals surface area contributed by atoms with Crippen molar-refractivity contribution in [2.24, 2.45) is 0 Å². The summed E-state index contributed by atoms with van der Waals surface area (Å²) < 4.78 is 42.9. The predicted molar refractivity (Wildman–Crippen MR) is 121 cm³/mol. The van der Waals surface area contributed by atoms with Gasteiger partial charge in [0.15, 0.2) is 5.76 Å². The quantitative estimate of drug-likeness (QED) is 0.583. The number of alkyl halides is 3. The number of hydrogen-bond donors (Lipinski definition) is 1. The fourth-order valence-electron chi connectivity index (χ4n) is 3.49. The highest BCUT2D eigenvalue weighted by Gasteiger charge is 2.24. The molecule has 170 valence electrons. The van der Waals surface area contributed by atoms with Gasteiger partial charge in [-0.05, 0) is 63.0 Å². The molecule has 0 saturated carbocycles. The number of benzene rings is 1. The Morgan fingerprint density at radius 2 is 1.88 bits per heavy atom. The zero-order valence-corrected chi connectivity index (χ0v) is 18.0. The maximum absolute atomic E-state index is 12.5. The molecule has 3 rings (SSSR count). The molecule has 32 heavy (non-hydrogen) atoms. The van der Waals surface area contributed by atoms with Crippen molar-refractivity contribution in [3.05, 3.63) is 78.8 Å². The van der Waals surface area contributed by atoms with Crippen molar-refractivity contribution >= 4 is 22.9 Å². The summed E-state index contributed by atoms with van der Waals surface area (Å²) in [6.07, 6.45) is 0.351. The van der Waals surface area contributed by atoms with Crippen LogP contribution in [0.2, 0.25) is 0 Å². The number of likely N-dealkylation sites (N-methyl/N-ethyl adjacent to an activating group) is 1. The van der Waals surface area contributed by atoms with E-state index in [9.17, 15) is 18.0 Å². The van der Waals surface area contributed by atoms with Crippen molar-refractivity contribution in [1.82, 2.24) is 4.90 Å². The second-order valence-corrected chi connectivity index (χ2v) is 7.75. The van der Waals surface area contributed by atoms with Crippen LogP contribution in [0.15, 0.2) is 71.7 Å². The first-order valence-electron chi connectivity index (χ1n) is 10.2. The van der Waals surface area contributed by atoms with Gasteiger partial charge in [0.2, 0.25) is 0 Å². The Bertz CT molecular complexity index is 1000. The highest BCUT2D eigenvalue weighted by Crippen LogP contribution is 2.26. The van der Waals surface area contributed by atoms with E-state index in [0.29, 0.717) is 11.7 Å². The average molecular weight is 445 g/mol. The van der Waals surface area contributed by atoms with Crippen molar-refractivity contribution < 1.29 is 22.4 Å². The smallest absolute Gasteiger partial charge is 0.409 e. The topological polar surface area (TPSA) is 48.7 Å². The number of nitrogens with one attached hydrogen (secondary N) is 1. The van der Waals surface area contributed by atoms with Gasteiger partial charge in [0.25, 0.3) is 5.91 Å². The van der Waals surface area contributed by atoms with E-state index in [1.54, 1.807) is 0 Å². The minimum Gasteiger partial charge on any atom is -0.451 e. The molecular formula is C24H26F3N3O2. The Balaban J connectivity index is 1.65. The number of allylic oxidation sites excluding steroid dienone is 5. The van der Waals surface area contributed by atoms with Crippen LogP contribution >= 0.6 is 0 Å². The van der Waals surface area contributed by atoms with Crippen LogP contribution in [0.4, 0.5) is 24.5 Å². The summed E-state index contributed by atoms with van der Waals surface area (Å²) in [7, 11) is 4.16. The molecule has 1 unspecified atom stereocenters. The van der Waals surface area contributed by atoms with Crippen molar-refractivity contribution in [2.75, 3.05) is 37.4 Å². The molecule has 8 heteroatoms. The van der Waals surface area contributed by atoms with Crippen molar-refractivity contribution in [2.45, 2.75) is 18.6 Å². The van der Waals surface area contributed by atoms with Crippen LogP contribution in [0.1, 0.15) is 22.7 Å². The van der Waals surface area contributed by atoms with Crippen LogP contribution in [-0.4, -0.2) is 50.2 Å². The van der Waals surface area contributed by atoms with E-state index in [4.69, 9.17) is 4.42 Å². The summed E-state index contributed by atoms with van der Waals surface area (Å²) in [4.78, 5) is 17.1. The van der Waals surface area contributed by atoms with Crippen LogP contribution < -0.4 is 10.2 Å². The van der Waals surface area contributed by atoms with Gasteiger partial charge < -0.3 is 19.5 Å². The Kier molecular flexibility index (Phi) is 7.25. The minimum atomic E-state index is -4.46. The van der Waals surface area contributed by atoms with E-state index in [1.165, 1.54) is 24.3 Å². The Morgan fingerprint density at radius 3 is 2.47 bits per heavy atom. The molecule has 0 radical (unpaired) electrons. The highest BCUT2D eigenvalue weighted by atomic mass is 19.4. The van der Waals surface area contributed by atoms with E-state index in [2.05, 4.69) is 35.8 Å². The molecule has 1 N–H and O–H groups in total. The van der Waals surface area contributed by atoms with Crippen LogP contribution in [0.5, 0.6) is 0 Å². The summed E-state index contributed by atoms with van der Waals surface area (Å²) in [5.41, 5.74) is 1.84. The molecule has 0 spiro atoms. The third kappa shape index (κ3) is 6.13. The Hall–Kier alpha value is -3.26. The summed E-state index contributed by atoms with van der Waals surface area (Å²) in [6, 6.07) is 10.9. The SMILES string of the molecule is C=C/C=C(\C=C\C(F)(F)F)c1ccc(C(=O)Nc2ccc(N3CCC(N(C)C)C3)cc2)o1. The van der Waals surface area contributed by atoms with E-state index in [1.807, 2.05) is 24.3 Å². The van der Waals surface area contributed by atoms with Gasteiger partial charge in [-0.15, -0.1) is 0 Å². The lowest BCUT2D eigenvalue weighted by molar-refractivity contribution is -0.0797. The standard InChI is InChI=1S/C24H26F3N3O2/c1-4-5-17(12-14-24(25,26)27)21-10-11-22(32-21)23(31)28-18-6-8-19(9-7-18)30-15-13-20(16-30)29(2)3/h4-12,14,20H,1,13,15-16H2,2-3H3,(H,28,31)/b14-12+,17-5+. The molecule has 1 saturated heterocycles. The number of anilines is 2. The molecule has 1 atom stereocenters. The Morgan fingerprint density at radius 1 is 1.19 bits per heavy atom. The maximum atomic E-state index is 12.5. The normalized spacial score (nSPS) is 17.4. The van der Waals surface area contributed by atoms with Crippen LogP contribution in [0.25, 0.3) is 5.57 Å². The molecule has 1 aliphatic rings. The van der Waals surface area contributed by atoms with E-state index < -0.39 is 12.1 Å². The van der Waals surface area contributed by atoms with Gasteiger partial charge in [-0.1, -0.05) is 18.7 Å². The molecule has 2 heterocycles. The largest absolute Gasteiger partial charge is 0.451 e. The average Bonchev–Trinajstić information content (AvgIpc) is 3.41. The number of nitrogens with zero attached hydrogens (tertiary/aromatic N) is 2. The number of hydrogen-bond acceptors (Lipinski definition) is 4. The third-order valence-electron chi connectivity index (χ3n) is 5.25. The van der Waals surface area contributed by atoms with Crippen LogP contribution in [0, 0.1) is 0 Å². The summed E-state index contributed by atoms with van der Waals surface area (Å²) in [6.45, 7) is 5.43. The number of carbonyl (C=O) groups excluding carboxylic acids is 1. The second-order valence-electron chi connectivity index (χ2n) is 7.75. The lowest BCUT2D eigenvalue weighted by atomic mass is 10.1.